The number of aliphatic hydroxyl groups is 1. The standard InChI is InChI=1S/C13H23ClN4O2/c1-9(2)11(8-19)16-10-7-15-18(6-5-17(3)4)13(20)12(10)14/h7,9,11,16,19H,5-6,8H2,1-4H3/t11-/m1/s1. The summed E-state index contributed by atoms with van der Waals surface area (Å²) in [6.45, 7) is 5.12. The SMILES string of the molecule is CC(C)[C@@H](CO)Nc1cnn(CCN(C)C)c(=O)c1Cl. The van der Waals surface area contributed by atoms with Gasteiger partial charge in [-0.1, -0.05) is 25.4 Å². The van der Waals surface area contributed by atoms with Gasteiger partial charge in [0.05, 0.1) is 31.1 Å². The Morgan fingerprint density at radius 1 is 1.50 bits per heavy atom. The van der Waals surface area contributed by atoms with E-state index in [2.05, 4.69) is 10.4 Å². The van der Waals surface area contributed by atoms with E-state index >= 15 is 0 Å². The third-order valence-electron chi connectivity index (χ3n) is 3.09. The number of nitrogens with zero attached hydrogens (tertiary/aromatic N) is 3. The monoisotopic (exact) mass is 302 g/mol. The van der Waals surface area contributed by atoms with Crippen LogP contribution in [0.15, 0.2) is 11.0 Å². The summed E-state index contributed by atoms with van der Waals surface area (Å²) in [6.07, 6.45) is 1.53. The van der Waals surface area contributed by atoms with Gasteiger partial charge in [-0.05, 0) is 20.0 Å². The number of nitrogens with one attached hydrogen (secondary N) is 1. The van der Waals surface area contributed by atoms with Gasteiger partial charge in [-0.15, -0.1) is 0 Å². The Hall–Kier alpha value is -1.11. The molecule has 0 radical (unpaired) electrons. The molecular formula is C13H23ClN4O2. The summed E-state index contributed by atoms with van der Waals surface area (Å²) in [6, 6.07) is -0.161. The summed E-state index contributed by atoms with van der Waals surface area (Å²) < 4.78 is 1.34. The van der Waals surface area contributed by atoms with E-state index in [0.717, 1.165) is 0 Å². The quantitative estimate of drug-likeness (QED) is 0.783. The third-order valence-corrected chi connectivity index (χ3v) is 3.45. The maximum absolute atomic E-state index is 12.1. The molecule has 0 aliphatic heterocycles. The number of halogens is 1. The van der Waals surface area contributed by atoms with Crippen molar-refractivity contribution in [1.82, 2.24) is 14.7 Å². The number of hydrogen-bond donors (Lipinski definition) is 2. The Kier molecular flexibility index (Phi) is 6.45. The highest BCUT2D eigenvalue weighted by Gasteiger charge is 2.16. The van der Waals surface area contributed by atoms with Gasteiger partial charge in [0.25, 0.3) is 5.56 Å². The minimum Gasteiger partial charge on any atom is -0.394 e. The van der Waals surface area contributed by atoms with Gasteiger partial charge in [-0.25, -0.2) is 4.68 Å². The Bertz CT molecular complexity index is 488. The largest absolute Gasteiger partial charge is 0.394 e. The van der Waals surface area contributed by atoms with Crippen LogP contribution in [0.3, 0.4) is 0 Å². The van der Waals surface area contributed by atoms with Crippen molar-refractivity contribution in [2.75, 3.05) is 32.6 Å². The lowest BCUT2D eigenvalue weighted by molar-refractivity contribution is 0.249. The number of likely N-dealkylation sites (N-methyl/N-ethyl adjacent to an activating group) is 1. The Balaban J connectivity index is 2.91. The molecule has 20 heavy (non-hydrogen) atoms. The van der Waals surface area contributed by atoms with E-state index < -0.39 is 0 Å². The van der Waals surface area contributed by atoms with Gasteiger partial charge in [0.1, 0.15) is 5.02 Å². The predicted octanol–water partition coefficient (Wildman–Crippen LogP) is 0.887. The first-order valence-corrected chi connectivity index (χ1v) is 7.02. The molecule has 0 bridgehead atoms. The molecule has 1 heterocycles. The molecular weight excluding hydrogens is 280 g/mol. The van der Waals surface area contributed by atoms with Crippen LogP contribution in [-0.2, 0) is 6.54 Å². The number of aromatic nitrogens is 2. The van der Waals surface area contributed by atoms with E-state index in [9.17, 15) is 9.90 Å². The van der Waals surface area contributed by atoms with E-state index in [4.69, 9.17) is 11.6 Å². The van der Waals surface area contributed by atoms with Gasteiger partial charge in [0.15, 0.2) is 0 Å². The van der Waals surface area contributed by atoms with Crippen LogP contribution in [0.2, 0.25) is 5.02 Å². The van der Waals surface area contributed by atoms with Crippen LogP contribution in [0, 0.1) is 5.92 Å². The molecule has 0 amide bonds. The lowest BCUT2D eigenvalue weighted by Crippen LogP contribution is -2.33. The number of anilines is 1. The van der Waals surface area contributed by atoms with Crippen LogP contribution in [0.5, 0.6) is 0 Å². The Morgan fingerprint density at radius 3 is 2.65 bits per heavy atom. The summed E-state index contributed by atoms with van der Waals surface area (Å²) in [4.78, 5) is 14.1. The van der Waals surface area contributed by atoms with Crippen molar-refractivity contribution in [2.45, 2.75) is 26.4 Å². The Morgan fingerprint density at radius 2 is 2.15 bits per heavy atom. The molecule has 0 saturated heterocycles. The summed E-state index contributed by atoms with van der Waals surface area (Å²) in [5.41, 5.74) is 0.143. The second-order valence-corrected chi connectivity index (χ2v) is 5.76. The maximum Gasteiger partial charge on any atom is 0.287 e. The lowest BCUT2D eigenvalue weighted by atomic mass is 10.1. The zero-order valence-electron chi connectivity index (χ0n) is 12.4. The highest BCUT2D eigenvalue weighted by atomic mass is 35.5. The molecule has 2 N–H and O–H groups in total. The number of rotatable bonds is 7. The fraction of sp³-hybridized carbons (Fsp3) is 0.692. The van der Waals surface area contributed by atoms with Gasteiger partial charge >= 0.3 is 0 Å². The van der Waals surface area contributed by atoms with Crippen molar-refractivity contribution in [2.24, 2.45) is 5.92 Å². The highest BCUT2D eigenvalue weighted by Crippen LogP contribution is 2.18. The maximum atomic E-state index is 12.1. The fourth-order valence-corrected chi connectivity index (χ4v) is 1.84. The Labute approximate surface area is 124 Å². The molecule has 0 unspecified atom stereocenters. The first-order valence-electron chi connectivity index (χ1n) is 6.64. The summed E-state index contributed by atoms with van der Waals surface area (Å²) in [5.74, 6) is 0.215. The third kappa shape index (κ3) is 4.47. The normalized spacial score (nSPS) is 13.0. The fourth-order valence-electron chi connectivity index (χ4n) is 1.64. The number of aliphatic hydroxyl groups excluding tert-OH is 1. The van der Waals surface area contributed by atoms with Crippen LogP contribution in [-0.4, -0.2) is 53.1 Å². The first-order chi connectivity index (χ1) is 9.36. The van der Waals surface area contributed by atoms with Gasteiger partial charge in [-0.3, -0.25) is 4.79 Å². The average molecular weight is 303 g/mol. The van der Waals surface area contributed by atoms with Gasteiger partial charge in [0, 0.05) is 6.54 Å². The van der Waals surface area contributed by atoms with Crippen molar-refractivity contribution in [3.8, 4) is 0 Å². The molecule has 1 aromatic heterocycles. The predicted molar refractivity (Wildman–Crippen MR) is 81.4 cm³/mol. The molecule has 6 nitrogen and oxygen atoms in total. The van der Waals surface area contributed by atoms with Gasteiger partial charge < -0.3 is 15.3 Å². The number of hydrogen-bond acceptors (Lipinski definition) is 5. The van der Waals surface area contributed by atoms with E-state index in [1.165, 1.54) is 10.9 Å². The molecule has 0 aliphatic carbocycles. The van der Waals surface area contributed by atoms with Crippen molar-refractivity contribution in [3.63, 3.8) is 0 Å². The van der Waals surface area contributed by atoms with E-state index in [-0.39, 0.29) is 29.1 Å². The van der Waals surface area contributed by atoms with Gasteiger partial charge in [0.2, 0.25) is 0 Å². The molecule has 7 heteroatoms. The highest BCUT2D eigenvalue weighted by molar-refractivity contribution is 6.32. The summed E-state index contributed by atoms with van der Waals surface area (Å²) in [7, 11) is 3.86. The second kappa shape index (κ2) is 7.61. The van der Waals surface area contributed by atoms with Crippen LogP contribution in [0.25, 0.3) is 0 Å². The van der Waals surface area contributed by atoms with Crippen LogP contribution < -0.4 is 10.9 Å². The van der Waals surface area contributed by atoms with Crippen molar-refractivity contribution in [3.05, 3.63) is 21.6 Å². The molecule has 1 rings (SSSR count). The molecule has 0 spiro atoms. The van der Waals surface area contributed by atoms with Crippen LogP contribution in [0.4, 0.5) is 5.69 Å². The molecule has 114 valence electrons. The second-order valence-electron chi connectivity index (χ2n) is 5.38. The van der Waals surface area contributed by atoms with E-state index in [1.54, 1.807) is 0 Å². The molecule has 1 aromatic rings. The van der Waals surface area contributed by atoms with Crippen LogP contribution >= 0.6 is 11.6 Å². The summed E-state index contributed by atoms with van der Waals surface area (Å²) >= 11 is 6.09. The zero-order valence-corrected chi connectivity index (χ0v) is 13.2. The topological polar surface area (TPSA) is 70.4 Å². The summed E-state index contributed by atoms with van der Waals surface area (Å²) in [5, 5.41) is 16.6. The molecule has 1 atom stereocenters. The molecule has 0 fully saturated rings. The molecule has 0 saturated carbocycles. The van der Waals surface area contributed by atoms with Crippen molar-refractivity contribution < 1.29 is 5.11 Å². The average Bonchev–Trinajstić information content (AvgIpc) is 2.38. The van der Waals surface area contributed by atoms with Gasteiger partial charge in [-0.2, -0.15) is 5.10 Å². The van der Waals surface area contributed by atoms with E-state index in [1.807, 2.05) is 32.8 Å². The lowest BCUT2D eigenvalue weighted by Gasteiger charge is -2.21. The van der Waals surface area contributed by atoms with E-state index in [0.29, 0.717) is 18.8 Å². The van der Waals surface area contributed by atoms with Crippen LogP contribution in [0.1, 0.15) is 13.8 Å². The minimum absolute atomic E-state index is 0.0300. The van der Waals surface area contributed by atoms with Crippen molar-refractivity contribution >= 4 is 17.3 Å². The van der Waals surface area contributed by atoms with Crippen molar-refractivity contribution in [1.29, 1.82) is 0 Å². The minimum atomic E-state index is -0.320. The molecule has 0 aromatic carbocycles. The zero-order chi connectivity index (χ0) is 15.3. The molecule has 0 aliphatic rings. The smallest absolute Gasteiger partial charge is 0.287 e. The first kappa shape index (κ1) is 16.9.